The SMILES string of the molecule is COc1ccccc1NC(=O)N1CCN(Cc2nnnn2-c2ccc(F)cc2)CC1. The zero-order valence-electron chi connectivity index (χ0n) is 16.5. The van der Waals surface area contributed by atoms with Crippen LogP contribution < -0.4 is 10.1 Å². The molecular formula is C20H22FN7O2. The van der Waals surface area contributed by atoms with Crippen LogP contribution in [0.4, 0.5) is 14.9 Å². The van der Waals surface area contributed by atoms with Crippen LogP contribution in [0.3, 0.4) is 0 Å². The van der Waals surface area contributed by atoms with Crippen molar-refractivity contribution >= 4 is 11.7 Å². The van der Waals surface area contributed by atoms with E-state index in [4.69, 9.17) is 4.74 Å². The molecule has 2 heterocycles. The van der Waals surface area contributed by atoms with Gasteiger partial charge in [0.1, 0.15) is 11.6 Å². The van der Waals surface area contributed by atoms with Gasteiger partial charge >= 0.3 is 6.03 Å². The molecule has 0 aliphatic carbocycles. The van der Waals surface area contributed by atoms with E-state index in [0.29, 0.717) is 55.7 Å². The van der Waals surface area contributed by atoms with E-state index in [1.807, 2.05) is 18.2 Å². The molecular weight excluding hydrogens is 389 g/mol. The Morgan fingerprint density at radius 1 is 1.10 bits per heavy atom. The van der Waals surface area contributed by atoms with E-state index in [2.05, 4.69) is 25.7 Å². The number of para-hydroxylation sites is 2. The quantitative estimate of drug-likeness (QED) is 0.692. The summed E-state index contributed by atoms with van der Waals surface area (Å²) in [5.41, 5.74) is 1.34. The van der Waals surface area contributed by atoms with Gasteiger partial charge in [0.05, 0.1) is 25.0 Å². The average Bonchev–Trinajstić information content (AvgIpc) is 3.23. The molecule has 1 aliphatic heterocycles. The van der Waals surface area contributed by atoms with Crippen LogP contribution in [0.5, 0.6) is 5.75 Å². The zero-order chi connectivity index (χ0) is 20.9. The van der Waals surface area contributed by atoms with Gasteiger partial charge < -0.3 is 15.0 Å². The van der Waals surface area contributed by atoms with Crippen LogP contribution in [0.1, 0.15) is 5.82 Å². The number of piperazine rings is 1. The minimum atomic E-state index is -0.309. The van der Waals surface area contributed by atoms with Crippen molar-refractivity contribution in [2.24, 2.45) is 0 Å². The number of carbonyl (C=O) groups is 1. The first kappa shape index (κ1) is 19.8. The van der Waals surface area contributed by atoms with Gasteiger partial charge in [0.15, 0.2) is 5.82 Å². The van der Waals surface area contributed by atoms with Crippen molar-refractivity contribution in [2.45, 2.75) is 6.54 Å². The number of carbonyl (C=O) groups excluding carboxylic acids is 1. The lowest BCUT2D eigenvalue weighted by Crippen LogP contribution is -2.49. The Bertz CT molecular complexity index is 1000. The number of urea groups is 1. The first-order valence-corrected chi connectivity index (χ1v) is 9.58. The van der Waals surface area contributed by atoms with Crippen LogP contribution in [0.15, 0.2) is 48.5 Å². The summed E-state index contributed by atoms with van der Waals surface area (Å²) < 4.78 is 20.0. The molecule has 0 bridgehead atoms. The predicted octanol–water partition coefficient (Wildman–Crippen LogP) is 2.16. The Hall–Kier alpha value is -3.53. The summed E-state index contributed by atoms with van der Waals surface area (Å²) in [6.45, 7) is 3.08. The van der Waals surface area contributed by atoms with Crippen LogP contribution in [-0.2, 0) is 6.54 Å². The number of anilines is 1. The van der Waals surface area contributed by atoms with Gasteiger partial charge in [0.2, 0.25) is 0 Å². The molecule has 10 heteroatoms. The van der Waals surface area contributed by atoms with Crippen molar-refractivity contribution in [3.8, 4) is 11.4 Å². The van der Waals surface area contributed by atoms with Crippen LogP contribution in [0.25, 0.3) is 5.69 Å². The Morgan fingerprint density at radius 3 is 2.57 bits per heavy atom. The number of amides is 2. The molecule has 0 saturated carbocycles. The second-order valence-corrected chi connectivity index (χ2v) is 6.88. The van der Waals surface area contributed by atoms with Gasteiger partial charge in [0.25, 0.3) is 0 Å². The summed E-state index contributed by atoms with van der Waals surface area (Å²) in [7, 11) is 1.57. The molecule has 1 saturated heterocycles. The highest BCUT2D eigenvalue weighted by atomic mass is 19.1. The standard InChI is InChI=1S/C20H22FN7O2/c1-30-18-5-3-2-4-17(18)22-20(29)27-12-10-26(11-13-27)14-19-23-24-25-28(19)16-8-6-15(21)7-9-16/h2-9H,10-14H2,1H3,(H,22,29). The van der Waals surface area contributed by atoms with Gasteiger partial charge in [-0.1, -0.05) is 12.1 Å². The number of halogens is 1. The summed E-state index contributed by atoms with van der Waals surface area (Å²) in [6.07, 6.45) is 0. The van der Waals surface area contributed by atoms with Gasteiger partial charge in [0, 0.05) is 26.2 Å². The van der Waals surface area contributed by atoms with E-state index in [1.54, 1.807) is 34.9 Å². The third-order valence-electron chi connectivity index (χ3n) is 4.98. The highest BCUT2D eigenvalue weighted by molar-refractivity contribution is 5.91. The van der Waals surface area contributed by atoms with Crippen molar-refractivity contribution in [1.29, 1.82) is 0 Å². The molecule has 1 fully saturated rings. The van der Waals surface area contributed by atoms with Gasteiger partial charge in [-0.3, -0.25) is 4.90 Å². The number of ether oxygens (including phenoxy) is 1. The van der Waals surface area contributed by atoms with E-state index in [9.17, 15) is 9.18 Å². The number of hydrogen-bond donors (Lipinski definition) is 1. The maximum absolute atomic E-state index is 13.2. The second kappa shape index (κ2) is 8.87. The summed E-state index contributed by atoms with van der Waals surface area (Å²) >= 11 is 0. The lowest BCUT2D eigenvalue weighted by molar-refractivity contribution is 0.140. The number of rotatable bonds is 5. The van der Waals surface area contributed by atoms with Crippen LogP contribution >= 0.6 is 0 Å². The fourth-order valence-corrected chi connectivity index (χ4v) is 3.34. The maximum atomic E-state index is 13.2. The van der Waals surface area contributed by atoms with E-state index < -0.39 is 0 Å². The first-order valence-electron chi connectivity index (χ1n) is 9.58. The number of nitrogens with one attached hydrogen (secondary N) is 1. The third-order valence-corrected chi connectivity index (χ3v) is 4.98. The van der Waals surface area contributed by atoms with Crippen LogP contribution in [0.2, 0.25) is 0 Å². The molecule has 0 unspecified atom stereocenters. The average molecular weight is 411 g/mol. The molecule has 9 nitrogen and oxygen atoms in total. The number of tetrazole rings is 1. The van der Waals surface area contributed by atoms with Crippen molar-refractivity contribution in [3.63, 3.8) is 0 Å². The summed E-state index contributed by atoms with van der Waals surface area (Å²) in [5, 5.41) is 14.8. The van der Waals surface area contributed by atoms with Gasteiger partial charge in [-0.25, -0.2) is 9.18 Å². The molecule has 30 heavy (non-hydrogen) atoms. The molecule has 3 aromatic rings. The zero-order valence-corrected chi connectivity index (χ0v) is 16.5. The first-order chi connectivity index (χ1) is 14.6. The molecule has 1 aromatic heterocycles. The van der Waals surface area contributed by atoms with Gasteiger partial charge in [-0.05, 0) is 46.8 Å². The number of nitrogens with zero attached hydrogens (tertiary/aromatic N) is 6. The molecule has 156 valence electrons. The third kappa shape index (κ3) is 4.38. The molecule has 0 atom stereocenters. The molecule has 0 radical (unpaired) electrons. The summed E-state index contributed by atoms with van der Waals surface area (Å²) in [6, 6.07) is 13.2. The smallest absolute Gasteiger partial charge is 0.322 e. The molecule has 2 aromatic carbocycles. The van der Waals surface area contributed by atoms with E-state index in [-0.39, 0.29) is 11.8 Å². The van der Waals surface area contributed by atoms with Gasteiger partial charge in [-0.15, -0.1) is 5.10 Å². The van der Waals surface area contributed by atoms with Crippen LogP contribution in [0, 0.1) is 5.82 Å². The van der Waals surface area contributed by atoms with Crippen molar-refractivity contribution in [2.75, 3.05) is 38.6 Å². The minimum Gasteiger partial charge on any atom is -0.495 e. The Kier molecular flexibility index (Phi) is 5.84. The number of hydrogen-bond acceptors (Lipinski definition) is 6. The normalized spacial score (nSPS) is 14.5. The van der Waals surface area contributed by atoms with Crippen molar-refractivity contribution in [3.05, 3.63) is 60.2 Å². The molecule has 1 aliphatic rings. The van der Waals surface area contributed by atoms with E-state index >= 15 is 0 Å². The number of methoxy groups -OCH3 is 1. The molecule has 1 N–H and O–H groups in total. The fraction of sp³-hybridized carbons (Fsp3) is 0.300. The van der Waals surface area contributed by atoms with E-state index in [1.165, 1.54) is 12.1 Å². The Labute approximate surface area is 173 Å². The Morgan fingerprint density at radius 2 is 1.83 bits per heavy atom. The lowest BCUT2D eigenvalue weighted by atomic mass is 10.3. The molecule has 0 spiro atoms. The number of benzene rings is 2. The number of aromatic nitrogens is 4. The second-order valence-electron chi connectivity index (χ2n) is 6.88. The monoisotopic (exact) mass is 411 g/mol. The summed E-state index contributed by atoms with van der Waals surface area (Å²) in [5.74, 6) is 0.974. The van der Waals surface area contributed by atoms with Gasteiger partial charge in [-0.2, -0.15) is 4.68 Å². The minimum absolute atomic E-state index is 0.157. The summed E-state index contributed by atoms with van der Waals surface area (Å²) in [4.78, 5) is 16.5. The predicted molar refractivity (Wildman–Crippen MR) is 108 cm³/mol. The topological polar surface area (TPSA) is 88.4 Å². The van der Waals surface area contributed by atoms with E-state index in [0.717, 1.165) is 0 Å². The molecule has 4 rings (SSSR count). The lowest BCUT2D eigenvalue weighted by Gasteiger charge is -2.34. The largest absolute Gasteiger partial charge is 0.495 e. The van der Waals surface area contributed by atoms with Crippen LogP contribution in [-0.4, -0.2) is 69.3 Å². The van der Waals surface area contributed by atoms with Crippen molar-refractivity contribution in [1.82, 2.24) is 30.0 Å². The Balaban J connectivity index is 1.34. The maximum Gasteiger partial charge on any atom is 0.322 e. The highest BCUT2D eigenvalue weighted by Gasteiger charge is 2.23. The highest BCUT2D eigenvalue weighted by Crippen LogP contribution is 2.23. The molecule has 2 amide bonds. The fourth-order valence-electron chi connectivity index (χ4n) is 3.34. The van der Waals surface area contributed by atoms with Crippen molar-refractivity contribution < 1.29 is 13.9 Å².